The Kier molecular flexibility index (Phi) is 8.71. The second-order valence-corrected chi connectivity index (χ2v) is 10.5. The molecule has 1 N–H and O–H groups in total. The van der Waals surface area contributed by atoms with E-state index >= 15 is 0 Å². The van der Waals surface area contributed by atoms with E-state index in [0.29, 0.717) is 47.8 Å². The molecule has 5 rings (SSSR count). The zero-order chi connectivity index (χ0) is 30.5. The highest BCUT2D eigenvalue weighted by Crippen LogP contribution is 2.42. The van der Waals surface area contributed by atoms with Gasteiger partial charge in [-0.05, 0) is 79.4 Å². The van der Waals surface area contributed by atoms with Gasteiger partial charge in [-0.2, -0.15) is 0 Å². The standard InChI is InChI=1S/C36H33NO6/c1-4-19-42-36(41)26-13-16-29(17-14-26)37-32(27-12-8-9-23(2)20-27)31(34(39)35(37)40)33(38)28-15-18-30(24(3)21-28)43-22-25-10-6-5-7-11-25/h5-18,20-21,32,38H,4,19,22H2,1-3H3/b33-31-. The fourth-order valence-corrected chi connectivity index (χ4v) is 5.14. The van der Waals surface area contributed by atoms with Crippen LogP contribution in [0, 0.1) is 13.8 Å². The zero-order valence-corrected chi connectivity index (χ0v) is 24.4. The van der Waals surface area contributed by atoms with Crippen molar-refractivity contribution in [3.05, 3.63) is 136 Å². The van der Waals surface area contributed by atoms with Gasteiger partial charge in [-0.15, -0.1) is 0 Å². The fourth-order valence-electron chi connectivity index (χ4n) is 5.14. The van der Waals surface area contributed by atoms with Crippen molar-refractivity contribution in [1.29, 1.82) is 0 Å². The lowest BCUT2D eigenvalue weighted by Gasteiger charge is -2.26. The quantitative estimate of drug-likeness (QED) is 0.0993. The van der Waals surface area contributed by atoms with Gasteiger partial charge in [0.05, 0.1) is 23.8 Å². The Morgan fingerprint density at radius 1 is 0.860 bits per heavy atom. The maximum Gasteiger partial charge on any atom is 0.338 e. The van der Waals surface area contributed by atoms with Crippen LogP contribution < -0.4 is 9.64 Å². The van der Waals surface area contributed by atoms with Gasteiger partial charge in [0.1, 0.15) is 18.1 Å². The Morgan fingerprint density at radius 2 is 1.58 bits per heavy atom. The van der Waals surface area contributed by atoms with E-state index in [9.17, 15) is 19.5 Å². The van der Waals surface area contributed by atoms with Gasteiger partial charge < -0.3 is 14.6 Å². The summed E-state index contributed by atoms with van der Waals surface area (Å²) in [6.45, 7) is 6.39. The molecule has 0 aliphatic carbocycles. The Labute approximate surface area is 251 Å². The van der Waals surface area contributed by atoms with E-state index in [-0.39, 0.29) is 11.3 Å². The van der Waals surface area contributed by atoms with Gasteiger partial charge in [-0.25, -0.2) is 4.79 Å². The molecule has 1 fully saturated rings. The van der Waals surface area contributed by atoms with Crippen molar-refractivity contribution >= 4 is 29.1 Å². The molecule has 1 saturated heterocycles. The number of nitrogens with zero attached hydrogens (tertiary/aromatic N) is 1. The molecule has 4 aromatic rings. The van der Waals surface area contributed by atoms with Crippen molar-refractivity contribution in [3.8, 4) is 5.75 Å². The number of aliphatic hydroxyl groups excluding tert-OH is 1. The molecule has 4 aromatic carbocycles. The van der Waals surface area contributed by atoms with Gasteiger partial charge in [-0.1, -0.05) is 67.1 Å². The van der Waals surface area contributed by atoms with Crippen molar-refractivity contribution < 1.29 is 29.0 Å². The van der Waals surface area contributed by atoms with Gasteiger partial charge in [0.2, 0.25) is 0 Å². The van der Waals surface area contributed by atoms with E-state index in [0.717, 1.165) is 16.7 Å². The molecule has 0 radical (unpaired) electrons. The molecule has 1 heterocycles. The van der Waals surface area contributed by atoms with Gasteiger partial charge in [0.25, 0.3) is 11.7 Å². The molecule has 1 aliphatic heterocycles. The van der Waals surface area contributed by atoms with Gasteiger partial charge in [0, 0.05) is 11.3 Å². The number of ketones is 1. The van der Waals surface area contributed by atoms with E-state index < -0.39 is 23.7 Å². The summed E-state index contributed by atoms with van der Waals surface area (Å²) in [5.41, 5.74) is 4.55. The first-order chi connectivity index (χ1) is 20.8. The van der Waals surface area contributed by atoms with Crippen LogP contribution in [0.4, 0.5) is 5.69 Å². The number of aryl methyl sites for hydroxylation is 2. The maximum absolute atomic E-state index is 13.6. The molecule has 1 aliphatic rings. The number of hydrogen-bond acceptors (Lipinski definition) is 6. The number of carbonyl (C=O) groups excluding carboxylic acids is 3. The summed E-state index contributed by atoms with van der Waals surface area (Å²) in [5.74, 6) is -1.65. The van der Waals surface area contributed by atoms with E-state index in [1.54, 1.807) is 42.5 Å². The Morgan fingerprint density at radius 3 is 2.26 bits per heavy atom. The molecule has 1 atom stereocenters. The van der Waals surface area contributed by atoms with E-state index in [2.05, 4.69) is 0 Å². The molecular formula is C36H33NO6. The van der Waals surface area contributed by atoms with Crippen LogP contribution >= 0.6 is 0 Å². The average Bonchev–Trinajstić information content (AvgIpc) is 3.29. The van der Waals surface area contributed by atoms with Crippen LogP contribution in [0.1, 0.15) is 57.6 Å². The third-order valence-corrected chi connectivity index (χ3v) is 7.31. The minimum absolute atomic E-state index is 0.0145. The lowest BCUT2D eigenvalue weighted by molar-refractivity contribution is -0.132. The second-order valence-electron chi connectivity index (χ2n) is 10.5. The largest absolute Gasteiger partial charge is 0.507 e. The molecule has 7 heteroatoms. The maximum atomic E-state index is 13.6. The van der Waals surface area contributed by atoms with Crippen molar-refractivity contribution in [1.82, 2.24) is 0 Å². The highest BCUT2D eigenvalue weighted by atomic mass is 16.5. The number of rotatable bonds is 9. The van der Waals surface area contributed by atoms with Crippen molar-refractivity contribution in [3.63, 3.8) is 0 Å². The number of carbonyl (C=O) groups is 3. The fraction of sp³-hybridized carbons (Fsp3) is 0.194. The third-order valence-electron chi connectivity index (χ3n) is 7.31. The number of hydrogen-bond donors (Lipinski definition) is 1. The molecule has 0 spiro atoms. The molecule has 0 saturated carbocycles. The SMILES string of the molecule is CCCOC(=O)c1ccc(N2C(=O)C(=O)/C(=C(\O)c3ccc(OCc4ccccc4)c(C)c3)C2c2cccc(C)c2)cc1. The zero-order valence-electron chi connectivity index (χ0n) is 24.4. The number of aliphatic hydroxyl groups is 1. The summed E-state index contributed by atoms with van der Waals surface area (Å²) in [6.07, 6.45) is 0.702. The smallest absolute Gasteiger partial charge is 0.338 e. The monoisotopic (exact) mass is 575 g/mol. The molecule has 7 nitrogen and oxygen atoms in total. The number of benzene rings is 4. The highest BCUT2D eigenvalue weighted by Gasteiger charge is 2.47. The Bertz CT molecular complexity index is 1690. The predicted octanol–water partition coefficient (Wildman–Crippen LogP) is 7.08. The van der Waals surface area contributed by atoms with Crippen molar-refractivity contribution in [2.75, 3.05) is 11.5 Å². The summed E-state index contributed by atoms with van der Waals surface area (Å²) in [7, 11) is 0. The first-order valence-electron chi connectivity index (χ1n) is 14.2. The van der Waals surface area contributed by atoms with Crippen LogP contribution in [0.5, 0.6) is 5.75 Å². The third kappa shape index (κ3) is 6.21. The predicted molar refractivity (Wildman–Crippen MR) is 165 cm³/mol. The Balaban J connectivity index is 1.52. The lowest BCUT2D eigenvalue weighted by Crippen LogP contribution is -2.29. The molecule has 0 bridgehead atoms. The minimum Gasteiger partial charge on any atom is -0.507 e. The average molecular weight is 576 g/mol. The summed E-state index contributed by atoms with van der Waals surface area (Å²) >= 11 is 0. The van der Waals surface area contributed by atoms with Crippen molar-refractivity contribution in [2.45, 2.75) is 39.8 Å². The number of amides is 1. The Hall–Kier alpha value is -5.17. The van der Waals surface area contributed by atoms with Crippen LogP contribution in [0.3, 0.4) is 0 Å². The molecule has 1 unspecified atom stereocenters. The van der Waals surface area contributed by atoms with Gasteiger partial charge >= 0.3 is 5.97 Å². The molecule has 1 amide bonds. The summed E-state index contributed by atoms with van der Waals surface area (Å²) in [5, 5.41) is 11.6. The van der Waals surface area contributed by atoms with E-state index in [4.69, 9.17) is 9.47 Å². The van der Waals surface area contributed by atoms with Crippen LogP contribution in [-0.4, -0.2) is 29.4 Å². The number of esters is 1. The van der Waals surface area contributed by atoms with Crippen LogP contribution in [0.2, 0.25) is 0 Å². The normalized spacial score (nSPS) is 15.9. The highest BCUT2D eigenvalue weighted by molar-refractivity contribution is 6.51. The number of anilines is 1. The van der Waals surface area contributed by atoms with Crippen LogP contribution in [0.25, 0.3) is 5.76 Å². The van der Waals surface area contributed by atoms with Crippen LogP contribution in [-0.2, 0) is 20.9 Å². The summed E-state index contributed by atoms with van der Waals surface area (Å²) in [6, 6.07) is 27.9. The molecule has 218 valence electrons. The van der Waals surface area contributed by atoms with E-state index in [1.165, 1.54) is 4.90 Å². The summed E-state index contributed by atoms with van der Waals surface area (Å²) in [4.78, 5) is 40.8. The van der Waals surface area contributed by atoms with Crippen LogP contribution in [0.15, 0.2) is 103 Å². The second kappa shape index (κ2) is 12.8. The van der Waals surface area contributed by atoms with Gasteiger partial charge in [0.15, 0.2) is 0 Å². The van der Waals surface area contributed by atoms with Crippen molar-refractivity contribution in [2.24, 2.45) is 0 Å². The lowest BCUT2D eigenvalue weighted by atomic mass is 9.93. The molecule has 43 heavy (non-hydrogen) atoms. The molecular weight excluding hydrogens is 542 g/mol. The van der Waals surface area contributed by atoms with Gasteiger partial charge in [-0.3, -0.25) is 14.5 Å². The first kappa shape index (κ1) is 29.3. The number of Topliss-reactive ketones (excluding diaryl/α,β-unsaturated/α-hetero) is 1. The van der Waals surface area contributed by atoms with E-state index in [1.807, 2.05) is 75.4 Å². The summed E-state index contributed by atoms with van der Waals surface area (Å²) < 4.78 is 11.2. The first-order valence-corrected chi connectivity index (χ1v) is 14.2. The molecule has 0 aromatic heterocycles. The minimum atomic E-state index is -0.882. The number of ether oxygens (including phenoxy) is 2. The topological polar surface area (TPSA) is 93.1 Å².